The van der Waals surface area contributed by atoms with Crippen molar-refractivity contribution >= 4 is 5.78 Å². The van der Waals surface area contributed by atoms with Crippen molar-refractivity contribution in [2.75, 3.05) is 6.61 Å². The van der Waals surface area contributed by atoms with Crippen LogP contribution in [-0.2, 0) is 19.4 Å². The molecule has 15 heavy (non-hydrogen) atoms. The van der Waals surface area contributed by atoms with E-state index in [2.05, 4.69) is 5.10 Å². The number of nitrogens with zero attached hydrogens (tertiary/aromatic N) is 2. The van der Waals surface area contributed by atoms with Gasteiger partial charge in [-0.2, -0.15) is 5.10 Å². The molecule has 1 aromatic heterocycles. The van der Waals surface area contributed by atoms with Gasteiger partial charge in [-0.15, -0.1) is 0 Å². The van der Waals surface area contributed by atoms with Crippen LogP contribution in [0.1, 0.15) is 41.5 Å². The quantitative estimate of drug-likeness (QED) is 0.804. The standard InChI is InChI=1S/C11H16N2O2/c1-2-8-11-9(4-3-5-10(11)15)13(12-8)6-7-14/h14H,2-7H2,1H3. The fraction of sp³-hybridized carbons (Fsp3) is 0.636. The Balaban J connectivity index is 2.47. The summed E-state index contributed by atoms with van der Waals surface area (Å²) in [7, 11) is 0. The monoisotopic (exact) mass is 208 g/mol. The largest absolute Gasteiger partial charge is 0.394 e. The van der Waals surface area contributed by atoms with Crippen molar-refractivity contribution in [3.8, 4) is 0 Å². The van der Waals surface area contributed by atoms with Gasteiger partial charge in [-0.05, 0) is 19.3 Å². The normalized spacial score (nSPS) is 15.5. The number of rotatable bonds is 3. The maximum absolute atomic E-state index is 11.8. The summed E-state index contributed by atoms with van der Waals surface area (Å²) in [5, 5.41) is 13.3. The van der Waals surface area contributed by atoms with Crippen LogP contribution in [0, 0.1) is 0 Å². The van der Waals surface area contributed by atoms with Crippen molar-refractivity contribution in [2.45, 2.75) is 39.2 Å². The van der Waals surface area contributed by atoms with Crippen molar-refractivity contribution in [2.24, 2.45) is 0 Å². The molecule has 0 aliphatic heterocycles. The van der Waals surface area contributed by atoms with Crippen LogP contribution in [0.4, 0.5) is 0 Å². The van der Waals surface area contributed by atoms with Crippen LogP contribution in [-0.4, -0.2) is 27.3 Å². The lowest BCUT2D eigenvalue weighted by molar-refractivity contribution is 0.0970. The molecule has 1 N–H and O–H groups in total. The molecule has 0 aromatic carbocycles. The van der Waals surface area contributed by atoms with E-state index in [0.29, 0.717) is 13.0 Å². The summed E-state index contributed by atoms with van der Waals surface area (Å²) in [6.45, 7) is 2.58. The molecule has 1 aliphatic carbocycles. The highest BCUT2D eigenvalue weighted by Gasteiger charge is 2.25. The van der Waals surface area contributed by atoms with Crippen LogP contribution in [0.5, 0.6) is 0 Å². The Morgan fingerprint density at radius 1 is 1.47 bits per heavy atom. The molecule has 0 saturated carbocycles. The molecule has 2 rings (SSSR count). The summed E-state index contributed by atoms with van der Waals surface area (Å²) in [5.74, 6) is 0.220. The van der Waals surface area contributed by atoms with Gasteiger partial charge in [0.15, 0.2) is 5.78 Å². The summed E-state index contributed by atoms with van der Waals surface area (Å²) >= 11 is 0. The molecule has 0 unspecified atom stereocenters. The fourth-order valence-electron chi connectivity index (χ4n) is 2.20. The average molecular weight is 208 g/mol. The van der Waals surface area contributed by atoms with Crippen LogP contribution in [0.3, 0.4) is 0 Å². The number of aryl methyl sites for hydroxylation is 1. The number of hydrogen-bond donors (Lipinski definition) is 1. The molecule has 1 aliphatic rings. The van der Waals surface area contributed by atoms with E-state index in [-0.39, 0.29) is 12.4 Å². The summed E-state index contributed by atoms with van der Waals surface area (Å²) < 4.78 is 1.80. The lowest BCUT2D eigenvalue weighted by Gasteiger charge is -2.12. The third-order valence-electron chi connectivity index (χ3n) is 2.87. The zero-order valence-corrected chi connectivity index (χ0v) is 8.99. The highest BCUT2D eigenvalue weighted by molar-refractivity contribution is 5.99. The first-order valence-electron chi connectivity index (χ1n) is 5.50. The zero-order valence-electron chi connectivity index (χ0n) is 8.99. The summed E-state index contributed by atoms with van der Waals surface area (Å²) in [4.78, 5) is 11.8. The summed E-state index contributed by atoms with van der Waals surface area (Å²) in [6.07, 6.45) is 3.25. The Kier molecular flexibility index (Phi) is 2.86. The van der Waals surface area contributed by atoms with Crippen LogP contribution in [0.15, 0.2) is 0 Å². The number of aliphatic hydroxyl groups is 1. The van der Waals surface area contributed by atoms with Crippen molar-refractivity contribution in [1.29, 1.82) is 0 Å². The van der Waals surface area contributed by atoms with Crippen molar-refractivity contribution < 1.29 is 9.90 Å². The highest BCUT2D eigenvalue weighted by Crippen LogP contribution is 2.24. The number of hydrogen-bond acceptors (Lipinski definition) is 3. The van der Waals surface area contributed by atoms with Gasteiger partial charge in [-0.25, -0.2) is 0 Å². The van der Waals surface area contributed by atoms with E-state index in [4.69, 9.17) is 5.11 Å². The maximum atomic E-state index is 11.8. The molecule has 4 heteroatoms. The van der Waals surface area contributed by atoms with E-state index >= 15 is 0 Å². The Morgan fingerprint density at radius 2 is 2.27 bits per heavy atom. The number of fused-ring (bicyclic) bond motifs is 1. The number of ketones is 1. The number of aromatic nitrogens is 2. The Bertz CT molecular complexity index is 382. The van der Waals surface area contributed by atoms with Gasteiger partial charge in [0.25, 0.3) is 0 Å². The van der Waals surface area contributed by atoms with Crippen molar-refractivity contribution in [3.63, 3.8) is 0 Å². The third-order valence-corrected chi connectivity index (χ3v) is 2.87. The molecule has 0 fully saturated rings. The SMILES string of the molecule is CCc1nn(CCO)c2c1C(=O)CCC2. The summed E-state index contributed by atoms with van der Waals surface area (Å²) in [5.41, 5.74) is 2.75. The first kappa shape index (κ1) is 10.4. The number of aliphatic hydroxyl groups excluding tert-OH is 1. The van der Waals surface area contributed by atoms with E-state index in [9.17, 15) is 4.79 Å². The molecule has 0 amide bonds. The smallest absolute Gasteiger partial charge is 0.166 e. The molecule has 0 saturated heterocycles. The highest BCUT2D eigenvalue weighted by atomic mass is 16.3. The zero-order chi connectivity index (χ0) is 10.8. The Labute approximate surface area is 88.9 Å². The van der Waals surface area contributed by atoms with Gasteiger partial charge < -0.3 is 5.11 Å². The van der Waals surface area contributed by atoms with Crippen LogP contribution >= 0.6 is 0 Å². The Morgan fingerprint density at radius 3 is 2.93 bits per heavy atom. The molecular formula is C11H16N2O2. The molecule has 1 aromatic rings. The molecular weight excluding hydrogens is 192 g/mol. The minimum atomic E-state index is 0.0749. The van der Waals surface area contributed by atoms with Gasteiger partial charge in [0.2, 0.25) is 0 Å². The molecule has 1 heterocycles. The molecule has 0 spiro atoms. The van der Waals surface area contributed by atoms with Gasteiger partial charge in [-0.1, -0.05) is 6.92 Å². The van der Waals surface area contributed by atoms with Gasteiger partial charge >= 0.3 is 0 Å². The first-order valence-corrected chi connectivity index (χ1v) is 5.50. The fourth-order valence-corrected chi connectivity index (χ4v) is 2.20. The van der Waals surface area contributed by atoms with E-state index < -0.39 is 0 Å². The number of carbonyl (C=O) groups is 1. The molecule has 0 atom stereocenters. The van der Waals surface area contributed by atoms with Gasteiger partial charge in [0.05, 0.1) is 24.4 Å². The second kappa shape index (κ2) is 4.14. The third kappa shape index (κ3) is 1.69. The van der Waals surface area contributed by atoms with Gasteiger partial charge in [0, 0.05) is 12.1 Å². The molecule has 0 bridgehead atoms. The first-order chi connectivity index (χ1) is 7.27. The van der Waals surface area contributed by atoms with Crippen LogP contribution in [0.2, 0.25) is 0 Å². The molecule has 4 nitrogen and oxygen atoms in total. The molecule has 0 radical (unpaired) electrons. The van der Waals surface area contributed by atoms with E-state index in [1.165, 1.54) is 0 Å². The maximum Gasteiger partial charge on any atom is 0.166 e. The minimum Gasteiger partial charge on any atom is -0.394 e. The van der Waals surface area contributed by atoms with Crippen molar-refractivity contribution in [1.82, 2.24) is 9.78 Å². The van der Waals surface area contributed by atoms with E-state index in [0.717, 1.165) is 36.2 Å². The van der Waals surface area contributed by atoms with E-state index in [1.807, 2.05) is 6.92 Å². The van der Waals surface area contributed by atoms with Gasteiger partial charge in [-0.3, -0.25) is 9.48 Å². The average Bonchev–Trinajstić information content (AvgIpc) is 2.59. The predicted octanol–water partition coefficient (Wildman–Crippen LogP) is 0.957. The lowest BCUT2D eigenvalue weighted by atomic mass is 9.94. The Hall–Kier alpha value is -1.16. The van der Waals surface area contributed by atoms with E-state index in [1.54, 1.807) is 4.68 Å². The van der Waals surface area contributed by atoms with Crippen LogP contribution in [0.25, 0.3) is 0 Å². The topological polar surface area (TPSA) is 55.1 Å². The number of Topliss-reactive ketones (excluding diaryl/α,β-unsaturated/α-hetero) is 1. The van der Waals surface area contributed by atoms with Gasteiger partial charge in [0.1, 0.15) is 0 Å². The number of carbonyl (C=O) groups excluding carboxylic acids is 1. The minimum absolute atomic E-state index is 0.0749. The molecule has 82 valence electrons. The van der Waals surface area contributed by atoms with Crippen LogP contribution < -0.4 is 0 Å². The van der Waals surface area contributed by atoms with Crippen molar-refractivity contribution in [3.05, 3.63) is 17.0 Å². The second-order valence-electron chi connectivity index (χ2n) is 3.85. The predicted molar refractivity (Wildman–Crippen MR) is 56.0 cm³/mol. The summed E-state index contributed by atoms with van der Waals surface area (Å²) in [6, 6.07) is 0. The second-order valence-corrected chi connectivity index (χ2v) is 3.85. The lowest BCUT2D eigenvalue weighted by Crippen LogP contribution is -2.15.